The molecule has 2 heterocycles. The number of benzene rings is 2. The summed E-state index contributed by atoms with van der Waals surface area (Å²) in [6.07, 6.45) is 1.97. The number of H-pyrrole nitrogens is 1. The van der Waals surface area contributed by atoms with Crippen LogP contribution in [0.1, 0.15) is 43.9 Å². The van der Waals surface area contributed by atoms with Crippen LogP contribution < -0.4 is 10.6 Å². The highest BCUT2D eigenvalue weighted by Crippen LogP contribution is 2.21. The second kappa shape index (κ2) is 11.1. The van der Waals surface area contributed by atoms with E-state index in [9.17, 15) is 14.7 Å². The largest absolute Gasteiger partial charge is 0.480 e. The van der Waals surface area contributed by atoms with Gasteiger partial charge in [0.05, 0.1) is 6.54 Å². The number of hydrogen-bond donors (Lipinski definition) is 4. The number of carboxylic acids is 1. The number of anilines is 1. The van der Waals surface area contributed by atoms with Gasteiger partial charge in [0.2, 0.25) is 0 Å². The number of carboxylic acid groups (broad SMARTS) is 1. The minimum absolute atomic E-state index is 0.189. The number of aryl methyl sites for hydroxylation is 4. The highest BCUT2D eigenvalue weighted by Gasteiger charge is 2.23. The highest BCUT2D eigenvalue weighted by atomic mass is 16.4. The van der Waals surface area contributed by atoms with Gasteiger partial charge in [-0.1, -0.05) is 42.0 Å². The number of carbonyl (C=O) groups is 2. The molecule has 0 aliphatic heterocycles. The van der Waals surface area contributed by atoms with Gasteiger partial charge < -0.3 is 20.7 Å². The van der Waals surface area contributed by atoms with E-state index in [1.165, 1.54) is 0 Å². The molecule has 0 fully saturated rings. The number of amides is 1. The molecule has 0 aliphatic rings. The number of carbonyl (C=O) groups excluding carboxylic acids is 1. The maximum absolute atomic E-state index is 12.9. The molecular weight excluding hydrogens is 464 g/mol. The van der Waals surface area contributed by atoms with Crippen LogP contribution in [-0.2, 0) is 17.8 Å². The first-order valence-electron chi connectivity index (χ1n) is 12.2. The van der Waals surface area contributed by atoms with Gasteiger partial charge in [-0.05, 0) is 79.8 Å². The van der Waals surface area contributed by atoms with Crippen LogP contribution in [0.5, 0.6) is 0 Å². The summed E-state index contributed by atoms with van der Waals surface area (Å²) in [5.41, 5.74) is 8.22. The van der Waals surface area contributed by atoms with Crippen LogP contribution in [0.3, 0.4) is 0 Å². The zero-order valence-corrected chi connectivity index (χ0v) is 21.6. The van der Waals surface area contributed by atoms with Gasteiger partial charge in [0.15, 0.2) is 0 Å². The molecule has 190 valence electrons. The van der Waals surface area contributed by atoms with Crippen molar-refractivity contribution in [2.45, 2.75) is 46.7 Å². The van der Waals surface area contributed by atoms with E-state index in [1.54, 1.807) is 6.20 Å². The summed E-state index contributed by atoms with van der Waals surface area (Å²) >= 11 is 0. The van der Waals surface area contributed by atoms with Crippen LogP contribution in [0.15, 0.2) is 66.9 Å². The van der Waals surface area contributed by atoms with E-state index in [1.807, 2.05) is 88.4 Å². The molecule has 37 heavy (non-hydrogen) atoms. The fourth-order valence-corrected chi connectivity index (χ4v) is 4.56. The predicted molar refractivity (Wildman–Crippen MR) is 146 cm³/mol. The summed E-state index contributed by atoms with van der Waals surface area (Å²) in [5, 5.41) is 15.8. The van der Waals surface area contributed by atoms with Crippen LogP contribution in [0.4, 0.5) is 5.82 Å². The summed E-state index contributed by atoms with van der Waals surface area (Å²) < 4.78 is 0. The predicted octanol–water partition coefficient (Wildman–Crippen LogP) is 5.35. The zero-order chi connectivity index (χ0) is 26.5. The summed E-state index contributed by atoms with van der Waals surface area (Å²) in [6.45, 7) is 8.35. The second-order valence-electron chi connectivity index (χ2n) is 9.51. The number of nitrogens with one attached hydrogen (secondary N) is 3. The molecule has 4 rings (SSSR count). The van der Waals surface area contributed by atoms with Gasteiger partial charge >= 0.3 is 5.97 Å². The highest BCUT2D eigenvalue weighted by molar-refractivity contribution is 5.99. The molecule has 2 aromatic heterocycles. The van der Waals surface area contributed by atoms with Crippen LogP contribution in [0, 0.1) is 27.7 Å². The maximum Gasteiger partial charge on any atom is 0.326 e. The molecule has 0 aliphatic carbocycles. The Morgan fingerprint density at radius 3 is 2.27 bits per heavy atom. The first kappa shape index (κ1) is 25.7. The van der Waals surface area contributed by atoms with Crippen molar-refractivity contribution in [2.24, 2.45) is 0 Å². The second-order valence-corrected chi connectivity index (χ2v) is 9.51. The Bertz CT molecular complexity index is 1400. The lowest BCUT2D eigenvalue weighted by Crippen LogP contribution is -2.42. The average molecular weight is 497 g/mol. The Morgan fingerprint density at radius 1 is 0.919 bits per heavy atom. The van der Waals surface area contributed by atoms with Crippen molar-refractivity contribution >= 4 is 17.7 Å². The minimum atomic E-state index is -1.07. The topological polar surface area (TPSA) is 107 Å². The van der Waals surface area contributed by atoms with Gasteiger partial charge in [-0.2, -0.15) is 0 Å². The van der Waals surface area contributed by atoms with Crippen molar-refractivity contribution in [3.05, 3.63) is 106 Å². The van der Waals surface area contributed by atoms with Crippen molar-refractivity contribution in [3.63, 3.8) is 0 Å². The van der Waals surface area contributed by atoms with Crippen LogP contribution in [0.25, 0.3) is 11.3 Å². The van der Waals surface area contributed by atoms with Crippen molar-refractivity contribution < 1.29 is 14.7 Å². The standard InChI is InChI=1S/C30H32N4O3/c1-18-11-12-31-27(15-18)32-17-24-9-10-25(33-24)23-7-5-22(6-8-23)16-26(30(36)37)34-29(35)28-20(3)13-19(2)14-21(28)4/h5-15,26,33H,16-17H2,1-4H3,(H,31,32)(H,34,35)(H,36,37). The Morgan fingerprint density at radius 2 is 1.62 bits per heavy atom. The summed E-state index contributed by atoms with van der Waals surface area (Å²) in [5.74, 6) is -0.606. The van der Waals surface area contributed by atoms with E-state index in [2.05, 4.69) is 20.6 Å². The van der Waals surface area contributed by atoms with Crippen molar-refractivity contribution in [3.8, 4) is 11.3 Å². The van der Waals surface area contributed by atoms with Gasteiger partial charge in [0.25, 0.3) is 5.91 Å². The third kappa shape index (κ3) is 6.44. The molecule has 0 spiro atoms. The summed E-state index contributed by atoms with van der Waals surface area (Å²) in [4.78, 5) is 32.6. The first-order chi connectivity index (χ1) is 17.7. The molecule has 1 atom stereocenters. The Balaban J connectivity index is 1.40. The molecule has 7 heteroatoms. The molecule has 4 aromatic rings. The minimum Gasteiger partial charge on any atom is -0.480 e. The number of pyridine rings is 1. The number of nitrogens with zero attached hydrogens (tertiary/aromatic N) is 1. The molecule has 0 saturated heterocycles. The third-order valence-corrected chi connectivity index (χ3v) is 6.33. The van der Waals surface area contributed by atoms with Gasteiger partial charge in [0, 0.05) is 29.6 Å². The molecule has 4 N–H and O–H groups in total. The Labute approximate surface area is 217 Å². The number of hydrogen-bond acceptors (Lipinski definition) is 4. The van der Waals surface area contributed by atoms with Gasteiger partial charge in [-0.3, -0.25) is 4.79 Å². The Kier molecular flexibility index (Phi) is 7.72. The quantitative estimate of drug-likeness (QED) is 0.250. The monoisotopic (exact) mass is 496 g/mol. The van der Waals surface area contributed by atoms with Gasteiger partial charge in [-0.25, -0.2) is 9.78 Å². The first-order valence-corrected chi connectivity index (χ1v) is 12.2. The molecule has 2 aromatic carbocycles. The zero-order valence-electron chi connectivity index (χ0n) is 21.6. The smallest absolute Gasteiger partial charge is 0.326 e. The van der Waals surface area contributed by atoms with E-state index < -0.39 is 12.0 Å². The molecule has 0 radical (unpaired) electrons. The summed E-state index contributed by atoms with van der Waals surface area (Å²) in [6, 6.07) is 18.5. The van der Waals surface area contributed by atoms with Crippen LogP contribution >= 0.6 is 0 Å². The lowest BCUT2D eigenvalue weighted by molar-refractivity contribution is -0.139. The van der Waals surface area contributed by atoms with E-state index in [0.717, 1.165) is 50.6 Å². The molecular formula is C30H32N4O3. The molecule has 0 bridgehead atoms. The normalized spacial score (nSPS) is 11.7. The van der Waals surface area contributed by atoms with E-state index in [0.29, 0.717) is 12.1 Å². The number of aromatic amines is 1. The van der Waals surface area contributed by atoms with E-state index in [4.69, 9.17) is 0 Å². The van der Waals surface area contributed by atoms with Crippen molar-refractivity contribution in [2.75, 3.05) is 5.32 Å². The van der Waals surface area contributed by atoms with Crippen molar-refractivity contribution in [1.29, 1.82) is 0 Å². The van der Waals surface area contributed by atoms with Gasteiger partial charge in [-0.15, -0.1) is 0 Å². The molecule has 7 nitrogen and oxygen atoms in total. The van der Waals surface area contributed by atoms with Crippen LogP contribution in [0.2, 0.25) is 0 Å². The van der Waals surface area contributed by atoms with Gasteiger partial charge in [0.1, 0.15) is 11.9 Å². The van der Waals surface area contributed by atoms with E-state index >= 15 is 0 Å². The number of aliphatic carboxylic acids is 1. The lowest BCUT2D eigenvalue weighted by atomic mass is 9.98. The van der Waals surface area contributed by atoms with Crippen molar-refractivity contribution in [1.82, 2.24) is 15.3 Å². The number of aromatic nitrogens is 2. The fourth-order valence-electron chi connectivity index (χ4n) is 4.56. The van der Waals surface area contributed by atoms with E-state index in [-0.39, 0.29) is 12.3 Å². The number of rotatable bonds is 9. The van der Waals surface area contributed by atoms with Crippen LogP contribution in [-0.4, -0.2) is 33.0 Å². The fraction of sp³-hybridized carbons (Fsp3) is 0.233. The average Bonchev–Trinajstić information content (AvgIpc) is 3.31. The maximum atomic E-state index is 12.9. The molecule has 1 amide bonds. The third-order valence-electron chi connectivity index (χ3n) is 6.33. The Hall–Kier alpha value is -4.39. The molecule has 1 unspecified atom stereocenters. The lowest BCUT2D eigenvalue weighted by Gasteiger charge is -2.17. The molecule has 0 saturated carbocycles. The summed E-state index contributed by atoms with van der Waals surface area (Å²) in [7, 11) is 0. The SMILES string of the molecule is Cc1ccnc(NCc2ccc(-c3ccc(CC(NC(=O)c4c(C)cc(C)cc4C)C(=O)O)cc3)[nH]2)c1.